The molecule has 1 atom stereocenters. The van der Waals surface area contributed by atoms with Crippen molar-refractivity contribution >= 4 is 44.3 Å². The largest absolute Gasteiger partial charge is 0.489 e. The van der Waals surface area contributed by atoms with Crippen LogP contribution in [0.15, 0.2) is 46.1 Å². The van der Waals surface area contributed by atoms with Crippen molar-refractivity contribution < 1.29 is 18.3 Å². The molecular formula is C20H23Cl2N3O5S. The summed E-state index contributed by atoms with van der Waals surface area (Å²) in [5.74, 6) is 0.354. The molecule has 1 aromatic heterocycles. The zero-order valence-electron chi connectivity index (χ0n) is 17.2. The van der Waals surface area contributed by atoms with E-state index < -0.39 is 16.1 Å². The van der Waals surface area contributed by atoms with Crippen molar-refractivity contribution in [2.24, 2.45) is 0 Å². The number of fused-ring (bicyclic) bond motifs is 1. The van der Waals surface area contributed by atoms with E-state index in [2.05, 4.69) is 0 Å². The summed E-state index contributed by atoms with van der Waals surface area (Å²) in [7, 11) is -0.808. The molecule has 31 heavy (non-hydrogen) atoms. The summed E-state index contributed by atoms with van der Waals surface area (Å²) in [6.45, 7) is 2.01. The predicted molar refractivity (Wildman–Crippen MR) is 121 cm³/mol. The fourth-order valence-corrected chi connectivity index (χ4v) is 4.58. The van der Waals surface area contributed by atoms with Gasteiger partial charge in [0.1, 0.15) is 18.5 Å². The molecule has 0 spiro atoms. The Morgan fingerprint density at radius 2 is 1.81 bits per heavy atom. The lowest BCUT2D eigenvalue weighted by Crippen LogP contribution is -2.31. The van der Waals surface area contributed by atoms with Gasteiger partial charge in [0.15, 0.2) is 0 Å². The van der Waals surface area contributed by atoms with Gasteiger partial charge >= 0.3 is 5.69 Å². The van der Waals surface area contributed by atoms with Crippen LogP contribution in [0.25, 0.3) is 11.0 Å². The SMILES string of the molecule is CCn1c(=O)n(CC(O)COc2ccc(Cl)cc2Cl)c2cc(S(=O)(=O)N(C)C)ccc21. The molecule has 0 aliphatic heterocycles. The van der Waals surface area contributed by atoms with Crippen molar-refractivity contribution in [2.45, 2.75) is 31.0 Å². The Balaban J connectivity index is 1.93. The van der Waals surface area contributed by atoms with Gasteiger partial charge < -0.3 is 9.84 Å². The molecular weight excluding hydrogens is 465 g/mol. The number of halogens is 2. The third kappa shape index (κ3) is 4.75. The maximum Gasteiger partial charge on any atom is 0.329 e. The second kappa shape index (κ2) is 9.22. The van der Waals surface area contributed by atoms with E-state index in [0.717, 1.165) is 4.31 Å². The van der Waals surface area contributed by atoms with Gasteiger partial charge in [0.2, 0.25) is 10.0 Å². The maximum absolute atomic E-state index is 12.9. The average Bonchev–Trinajstić information content (AvgIpc) is 2.97. The number of benzene rings is 2. The highest BCUT2D eigenvalue weighted by molar-refractivity contribution is 7.89. The molecule has 0 aliphatic rings. The zero-order valence-corrected chi connectivity index (χ0v) is 19.6. The van der Waals surface area contributed by atoms with Crippen molar-refractivity contribution in [3.8, 4) is 5.75 Å². The minimum absolute atomic E-state index is 0.0608. The van der Waals surface area contributed by atoms with Crippen molar-refractivity contribution in [1.82, 2.24) is 13.4 Å². The number of aromatic nitrogens is 2. The van der Waals surface area contributed by atoms with Crippen LogP contribution in [0.2, 0.25) is 10.0 Å². The van der Waals surface area contributed by atoms with Gasteiger partial charge in [-0.2, -0.15) is 0 Å². The standard InChI is InChI=1S/C20H23Cl2N3O5S/c1-4-24-17-7-6-15(31(28,29)23(2)3)10-18(17)25(20(24)27)11-14(26)12-30-19-8-5-13(21)9-16(19)22/h5-10,14,26H,4,11-12H2,1-3H3. The lowest BCUT2D eigenvalue weighted by Gasteiger charge is -2.15. The predicted octanol–water partition coefficient (Wildman–Crippen LogP) is 2.82. The fourth-order valence-electron chi connectivity index (χ4n) is 3.19. The number of rotatable bonds is 8. The Bertz CT molecular complexity index is 1270. The molecule has 0 bridgehead atoms. The molecule has 8 nitrogen and oxygen atoms in total. The Morgan fingerprint density at radius 3 is 2.42 bits per heavy atom. The normalized spacial score (nSPS) is 13.1. The number of sulfonamides is 1. The number of ether oxygens (including phenoxy) is 1. The van der Waals surface area contributed by atoms with E-state index in [1.807, 2.05) is 6.92 Å². The molecule has 3 rings (SSSR count). The summed E-state index contributed by atoms with van der Waals surface area (Å²) in [6.07, 6.45) is -1.05. The van der Waals surface area contributed by atoms with E-state index in [1.165, 1.54) is 41.4 Å². The molecule has 11 heteroatoms. The molecule has 0 saturated heterocycles. The van der Waals surface area contributed by atoms with Gasteiger partial charge in [-0.05, 0) is 43.3 Å². The van der Waals surface area contributed by atoms with Gasteiger partial charge in [-0.3, -0.25) is 9.13 Å². The first-order valence-electron chi connectivity index (χ1n) is 9.47. The van der Waals surface area contributed by atoms with Gasteiger partial charge in [0, 0.05) is 25.7 Å². The minimum Gasteiger partial charge on any atom is -0.489 e. The molecule has 0 saturated carbocycles. The number of aliphatic hydroxyl groups is 1. The van der Waals surface area contributed by atoms with Crippen LogP contribution in [0.4, 0.5) is 0 Å². The minimum atomic E-state index is -3.68. The number of hydrogen-bond donors (Lipinski definition) is 1. The Morgan fingerprint density at radius 1 is 1.10 bits per heavy atom. The number of imidazole rings is 1. The van der Waals surface area contributed by atoms with E-state index in [-0.39, 0.29) is 23.7 Å². The Hall–Kier alpha value is -2.04. The monoisotopic (exact) mass is 487 g/mol. The van der Waals surface area contributed by atoms with E-state index in [4.69, 9.17) is 27.9 Å². The van der Waals surface area contributed by atoms with Gasteiger partial charge in [-0.25, -0.2) is 17.5 Å². The third-order valence-corrected chi connectivity index (χ3v) is 7.15. The van der Waals surface area contributed by atoms with Crippen LogP contribution in [0, 0.1) is 0 Å². The van der Waals surface area contributed by atoms with Gasteiger partial charge in [0.25, 0.3) is 0 Å². The van der Waals surface area contributed by atoms with Crippen LogP contribution in [0.5, 0.6) is 5.75 Å². The molecule has 0 amide bonds. The van der Waals surface area contributed by atoms with Gasteiger partial charge in [-0.15, -0.1) is 0 Å². The first-order chi connectivity index (χ1) is 14.6. The lowest BCUT2D eigenvalue weighted by atomic mass is 10.3. The van der Waals surface area contributed by atoms with Crippen LogP contribution in [-0.2, 0) is 23.1 Å². The first kappa shape index (κ1) is 23.6. The fraction of sp³-hybridized carbons (Fsp3) is 0.350. The Kier molecular flexibility index (Phi) is 7.02. The first-order valence-corrected chi connectivity index (χ1v) is 11.7. The zero-order chi connectivity index (χ0) is 22.9. The molecule has 1 unspecified atom stereocenters. The number of aryl methyl sites for hydroxylation is 1. The second-order valence-electron chi connectivity index (χ2n) is 7.11. The van der Waals surface area contributed by atoms with Crippen LogP contribution < -0.4 is 10.4 Å². The highest BCUT2D eigenvalue weighted by atomic mass is 35.5. The van der Waals surface area contributed by atoms with E-state index in [9.17, 15) is 18.3 Å². The summed E-state index contributed by atoms with van der Waals surface area (Å²) < 4.78 is 34.6. The molecule has 0 fully saturated rings. The highest BCUT2D eigenvalue weighted by Gasteiger charge is 2.21. The van der Waals surface area contributed by atoms with Gasteiger partial charge in [-0.1, -0.05) is 23.2 Å². The third-order valence-electron chi connectivity index (χ3n) is 4.80. The Labute approximate surface area is 190 Å². The second-order valence-corrected chi connectivity index (χ2v) is 10.1. The summed E-state index contributed by atoms with van der Waals surface area (Å²) in [5.41, 5.74) is 0.651. The summed E-state index contributed by atoms with van der Waals surface area (Å²) in [4.78, 5) is 13.0. The molecule has 0 radical (unpaired) electrons. The number of aliphatic hydroxyl groups excluding tert-OH is 1. The summed E-state index contributed by atoms with van der Waals surface area (Å²) in [6, 6.07) is 9.24. The maximum atomic E-state index is 12.9. The molecule has 1 N–H and O–H groups in total. The van der Waals surface area contributed by atoms with Crippen molar-refractivity contribution in [1.29, 1.82) is 0 Å². The van der Waals surface area contributed by atoms with Crippen molar-refractivity contribution in [3.63, 3.8) is 0 Å². The van der Waals surface area contributed by atoms with Crippen LogP contribution in [-0.4, -0.2) is 53.8 Å². The molecule has 168 valence electrons. The highest BCUT2D eigenvalue weighted by Crippen LogP contribution is 2.27. The summed E-state index contributed by atoms with van der Waals surface area (Å²) in [5, 5.41) is 11.3. The molecule has 2 aromatic carbocycles. The van der Waals surface area contributed by atoms with Crippen molar-refractivity contribution in [2.75, 3.05) is 20.7 Å². The quantitative estimate of drug-likeness (QED) is 0.527. The van der Waals surface area contributed by atoms with Crippen LogP contribution in [0.1, 0.15) is 6.92 Å². The van der Waals surface area contributed by atoms with E-state index in [0.29, 0.717) is 33.4 Å². The molecule has 3 aromatic rings. The van der Waals surface area contributed by atoms with Crippen molar-refractivity contribution in [3.05, 3.63) is 56.9 Å². The summed E-state index contributed by atoms with van der Waals surface area (Å²) >= 11 is 11.9. The van der Waals surface area contributed by atoms with Crippen LogP contribution >= 0.6 is 23.2 Å². The van der Waals surface area contributed by atoms with Crippen LogP contribution in [0.3, 0.4) is 0 Å². The topological polar surface area (TPSA) is 93.8 Å². The smallest absolute Gasteiger partial charge is 0.329 e. The molecule has 0 aliphatic carbocycles. The van der Waals surface area contributed by atoms with Gasteiger partial charge in [0.05, 0.1) is 27.5 Å². The van der Waals surface area contributed by atoms with E-state index >= 15 is 0 Å². The average molecular weight is 488 g/mol. The van der Waals surface area contributed by atoms with E-state index in [1.54, 1.807) is 18.2 Å². The number of nitrogens with zero attached hydrogens (tertiary/aromatic N) is 3. The molecule has 1 heterocycles. The lowest BCUT2D eigenvalue weighted by molar-refractivity contribution is 0.0925. The number of hydrogen-bond acceptors (Lipinski definition) is 5.